The third kappa shape index (κ3) is 7.82. The Hall–Kier alpha value is -7.50. The van der Waals surface area contributed by atoms with Crippen LogP contribution in [0.2, 0.25) is 0 Å². The molecule has 9 aromatic carbocycles. The van der Waals surface area contributed by atoms with Crippen LogP contribution in [0.5, 0.6) is 0 Å². The van der Waals surface area contributed by atoms with Gasteiger partial charge in [-0.25, -0.2) is 9.97 Å². The highest BCUT2D eigenvalue weighted by molar-refractivity contribution is 7.03. The zero-order valence-electron chi connectivity index (χ0n) is 44.6. The Kier molecular flexibility index (Phi) is 10.5. The molecule has 1 aromatic heterocycles. The van der Waals surface area contributed by atoms with Gasteiger partial charge in [0.15, 0.2) is 5.82 Å². The molecule has 0 aliphatic carbocycles. The maximum Gasteiger partial charge on any atom is 0.253 e. The number of fused-ring (bicyclic) bond motifs is 9. The highest BCUT2D eigenvalue weighted by atomic mass is 15.2. The first-order chi connectivity index (χ1) is 34.7. The van der Waals surface area contributed by atoms with Gasteiger partial charge in [-0.3, -0.25) is 0 Å². The smallest absolute Gasteiger partial charge is 0.253 e. The molecule has 2 aliphatic rings. The molecule has 0 amide bonds. The maximum atomic E-state index is 5.61. The molecule has 0 fully saturated rings. The summed E-state index contributed by atoms with van der Waals surface area (Å²) in [4.78, 5) is 16.1. The zero-order chi connectivity index (χ0) is 50.9. The van der Waals surface area contributed by atoms with Crippen LogP contribution in [0.15, 0.2) is 176 Å². The first-order valence-corrected chi connectivity index (χ1v) is 26.2. The topological polar surface area (TPSA) is 32.3 Å². The average Bonchev–Trinajstić information content (AvgIpc) is 3.36. The van der Waals surface area contributed by atoms with Crippen molar-refractivity contribution < 1.29 is 0 Å². The summed E-state index contributed by atoms with van der Waals surface area (Å²) in [5, 5.41) is 6.02. The van der Waals surface area contributed by atoms with Crippen LogP contribution in [0.25, 0.3) is 55.1 Å². The molecule has 0 spiro atoms. The summed E-state index contributed by atoms with van der Waals surface area (Å²) in [6.07, 6.45) is 0. The number of benzene rings is 9. The van der Waals surface area contributed by atoms with E-state index in [-0.39, 0.29) is 28.4 Å². The van der Waals surface area contributed by atoms with Crippen molar-refractivity contribution in [3.63, 3.8) is 0 Å². The Morgan fingerprint density at radius 3 is 1.21 bits per heavy atom. The second kappa shape index (κ2) is 16.5. The monoisotopic (exact) mass is 949 g/mol. The van der Waals surface area contributed by atoms with Gasteiger partial charge in [0.1, 0.15) is 0 Å². The second-order valence-electron chi connectivity index (χ2n) is 24.8. The molecule has 73 heavy (non-hydrogen) atoms. The quantitative estimate of drug-likeness (QED) is 0.165. The van der Waals surface area contributed by atoms with Gasteiger partial charge in [0.25, 0.3) is 6.71 Å². The van der Waals surface area contributed by atoms with Gasteiger partial charge in [-0.15, -0.1) is 0 Å². The molecule has 0 saturated heterocycles. The largest absolute Gasteiger partial charge is 0.311 e. The molecule has 10 aromatic rings. The predicted octanol–water partition coefficient (Wildman–Crippen LogP) is 16.5. The number of rotatable bonds is 4. The SMILES string of the molecule is CC(C)(C)c1cc(N2c3cc(-c4nc(-c5ccccc5)nc5ccccc45)cc4c3B(c3c2ccc2ccccc32)c2c(ccc3ccccc23)N4c2cc(C(C)(C)C)cc(C(C)(C)C)c2)cc(C(C)(C)C)c1. The number of hydrogen-bond acceptors (Lipinski definition) is 4. The van der Waals surface area contributed by atoms with Gasteiger partial charge in [0.05, 0.1) is 11.2 Å². The molecule has 12 rings (SSSR count). The summed E-state index contributed by atoms with van der Waals surface area (Å²) in [7, 11) is 0. The molecule has 0 saturated carbocycles. The second-order valence-corrected chi connectivity index (χ2v) is 24.8. The van der Waals surface area contributed by atoms with Gasteiger partial charge in [-0.05, 0) is 136 Å². The highest BCUT2D eigenvalue weighted by Gasteiger charge is 2.46. The third-order valence-electron chi connectivity index (χ3n) is 15.6. The van der Waals surface area contributed by atoms with E-state index >= 15 is 0 Å². The van der Waals surface area contributed by atoms with Crippen LogP contribution in [0.4, 0.5) is 34.1 Å². The lowest BCUT2D eigenvalue weighted by atomic mass is 9.32. The van der Waals surface area contributed by atoms with E-state index in [1.54, 1.807) is 0 Å². The Morgan fingerprint density at radius 2 is 0.753 bits per heavy atom. The molecule has 360 valence electrons. The van der Waals surface area contributed by atoms with Crippen molar-refractivity contribution in [1.29, 1.82) is 0 Å². The number of nitrogens with zero attached hydrogens (tertiary/aromatic N) is 4. The van der Waals surface area contributed by atoms with Crippen LogP contribution >= 0.6 is 0 Å². The minimum Gasteiger partial charge on any atom is -0.311 e. The predicted molar refractivity (Wildman–Crippen MR) is 314 cm³/mol. The van der Waals surface area contributed by atoms with Crippen molar-refractivity contribution in [3.8, 4) is 22.6 Å². The first kappa shape index (κ1) is 46.6. The van der Waals surface area contributed by atoms with E-state index in [1.807, 2.05) is 0 Å². The average molecular weight is 949 g/mol. The van der Waals surface area contributed by atoms with Crippen LogP contribution in [0.3, 0.4) is 0 Å². The Morgan fingerprint density at radius 1 is 0.342 bits per heavy atom. The molecule has 0 bridgehead atoms. The fourth-order valence-electron chi connectivity index (χ4n) is 11.5. The molecule has 0 N–H and O–H groups in total. The van der Waals surface area contributed by atoms with Gasteiger partial charge in [-0.1, -0.05) is 204 Å². The molecular weight excluding hydrogens is 884 g/mol. The van der Waals surface area contributed by atoms with E-state index < -0.39 is 0 Å². The van der Waals surface area contributed by atoms with Gasteiger partial charge in [0.2, 0.25) is 0 Å². The van der Waals surface area contributed by atoms with Gasteiger partial charge >= 0.3 is 0 Å². The van der Waals surface area contributed by atoms with Crippen LogP contribution in [0.1, 0.15) is 105 Å². The molecule has 3 heterocycles. The number of anilines is 6. The molecule has 0 unspecified atom stereocenters. The van der Waals surface area contributed by atoms with Crippen LogP contribution in [-0.2, 0) is 21.7 Å². The zero-order valence-corrected chi connectivity index (χ0v) is 44.6. The lowest BCUT2D eigenvalue weighted by molar-refractivity contribution is 0.568. The Labute approximate surface area is 432 Å². The van der Waals surface area contributed by atoms with Gasteiger partial charge in [-0.2, -0.15) is 0 Å². The van der Waals surface area contributed by atoms with Crippen molar-refractivity contribution >= 4 is 89.7 Å². The summed E-state index contributed by atoms with van der Waals surface area (Å²) < 4.78 is 0. The fourth-order valence-corrected chi connectivity index (χ4v) is 11.5. The summed E-state index contributed by atoms with van der Waals surface area (Å²) in [5.74, 6) is 0.710. The fraction of sp³-hybridized carbons (Fsp3) is 0.235. The molecule has 0 radical (unpaired) electrons. The highest BCUT2D eigenvalue weighted by Crippen LogP contribution is 2.50. The van der Waals surface area contributed by atoms with Gasteiger partial charge in [0, 0.05) is 50.6 Å². The molecule has 4 nitrogen and oxygen atoms in total. The summed E-state index contributed by atoms with van der Waals surface area (Å²) >= 11 is 0. The Bertz CT molecular complexity index is 3610. The van der Waals surface area contributed by atoms with Crippen molar-refractivity contribution in [2.75, 3.05) is 9.80 Å². The van der Waals surface area contributed by atoms with Crippen LogP contribution in [0, 0.1) is 0 Å². The van der Waals surface area contributed by atoms with Crippen LogP contribution < -0.4 is 26.2 Å². The lowest BCUT2D eigenvalue weighted by Crippen LogP contribution is -2.61. The van der Waals surface area contributed by atoms with Crippen molar-refractivity contribution in [2.24, 2.45) is 0 Å². The van der Waals surface area contributed by atoms with Crippen molar-refractivity contribution in [3.05, 3.63) is 198 Å². The van der Waals surface area contributed by atoms with E-state index in [0.29, 0.717) is 5.82 Å². The maximum absolute atomic E-state index is 5.61. The van der Waals surface area contributed by atoms with E-state index in [1.165, 1.54) is 71.6 Å². The van der Waals surface area contributed by atoms with Crippen molar-refractivity contribution in [1.82, 2.24) is 9.97 Å². The summed E-state index contributed by atoms with van der Waals surface area (Å²) in [6, 6.07) is 66.2. The van der Waals surface area contributed by atoms with Gasteiger partial charge < -0.3 is 9.80 Å². The summed E-state index contributed by atoms with van der Waals surface area (Å²) in [5.41, 5.74) is 19.6. The van der Waals surface area contributed by atoms with Crippen LogP contribution in [-0.4, -0.2) is 16.7 Å². The minimum atomic E-state index is -0.114. The van der Waals surface area contributed by atoms with E-state index in [9.17, 15) is 0 Å². The third-order valence-corrected chi connectivity index (χ3v) is 15.6. The molecule has 5 heteroatoms. The lowest BCUT2D eigenvalue weighted by Gasteiger charge is -2.46. The molecular formula is C68H65BN4. The van der Waals surface area contributed by atoms with E-state index in [2.05, 4.69) is 269 Å². The normalized spacial score (nSPS) is 13.7. The minimum absolute atomic E-state index is 0.104. The van der Waals surface area contributed by atoms with E-state index in [0.717, 1.165) is 50.5 Å². The number of aromatic nitrogens is 2. The van der Waals surface area contributed by atoms with Crippen molar-refractivity contribution in [2.45, 2.75) is 105 Å². The molecule has 0 atom stereocenters. The first-order valence-electron chi connectivity index (χ1n) is 26.2. The number of para-hydroxylation sites is 1. The number of hydrogen-bond donors (Lipinski definition) is 0. The van der Waals surface area contributed by atoms with E-state index in [4.69, 9.17) is 9.97 Å². The Balaban J connectivity index is 1.30. The molecule has 2 aliphatic heterocycles. The summed E-state index contributed by atoms with van der Waals surface area (Å²) in [6.45, 7) is 28.0. The standard InChI is InChI=1S/C68H65BN4/c1-65(2,3)46-36-47(66(4,5)6)39-50(38-46)72-56-32-30-42-22-16-18-26-52(42)60(56)69-61-53-27-19-17-23-43(53)31-33-57(61)73(51-40-48(67(7,8)9)37-49(41-51)68(10,11)12)59-35-45(34-58(72)62(59)69)63-54-28-20-21-29-55(54)70-64(71-63)44-24-14-13-15-25-44/h13-41H,1-12H3.